The quantitative estimate of drug-likeness (QED) is 0.0245. The number of hydrogen-bond acceptors (Lipinski definition) is 5. The van der Waals surface area contributed by atoms with E-state index in [4.69, 9.17) is 9.05 Å². The number of unbranched alkanes of at least 4 members (excludes halogenated alkanes) is 26. The minimum atomic E-state index is -4.32. The zero-order valence-corrected chi connectivity index (χ0v) is 38.5. The second-order valence-electron chi connectivity index (χ2n) is 17.5. The molecule has 3 N–H and O–H groups in total. The van der Waals surface area contributed by atoms with Crippen molar-refractivity contribution < 1.29 is 32.9 Å². The molecule has 0 spiro atoms. The van der Waals surface area contributed by atoms with Crippen molar-refractivity contribution in [2.75, 3.05) is 40.9 Å². The molecule has 0 aromatic rings. The van der Waals surface area contributed by atoms with Gasteiger partial charge >= 0.3 is 7.82 Å². The molecule has 0 aliphatic heterocycles. The highest BCUT2D eigenvalue weighted by Crippen LogP contribution is 2.43. The summed E-state index contributed by atoms with van der Waals surface area (Å²) in [7, 11) is 1.60. The first kappa shape index (κ1) is 55.0. The van der Waals surface area contributed by atoms with E-state index in [1.165, 1.54) is 148 Å². The van der Waals surface area contributed by atoms with Crippen LogP contribution < -0.4 is 5.32 Å². The van der Waals surface area contributed by atoms with Crippen molar-refractivity contribution in [3.05, 3.63) is 24.3 Å². The molecule has 0 saturated carbocycles. The average Bonchev–Trinajstić information content (AvgIpc) is 3.15. The lowest BCUT2D eigenvalue weighted by Crippen LogP contribution is -2.46. The molecule has 1 amide bonds. The fraction of sp³-hybridized carbons (Fsp3) is 0.894. The summed E-state index contributed by atoms with van der Waals surface area (Å²) in [5, 5.41) is 13.9. The van der Waals surface area contributed by atoms with Crippen molar-refractivity contribution in [2.24, 2.45) is 0 Å². The largest absolute Gasteiger partial charge is 0.472 e. The maximum Gasteiger partial charge on any atom is 0.472 e. The van der Waals surface area contributed by atoms with E-state index in [2.05, 4.69) is 43.5 Å². The van der Waals surface area contributed by atoms with Gasteiger partial charge in [0.15, 0.2) is 0 Å². The van der Waals surface area contributed by atoms with Gasteiger partial charge in [-0.05, 0) is 64.2 Å². The molecule has 8 nitrogen and oxygen atoms in total. The number of amides is 1. The zero-order chi connectivity index (χ0) is 41.4. The van der Waals surface area contributed by atoms with Gasteiger partial charge in [0.05, 0.1) is 39.9 Å². The molecule has 0 aliphatic carbocycles. The van der Waals surface area contributed by atoms with E-state index in [0.717, 1.165) is 44.9 Å². The smallest absolute Gasteiger partial charge is 0.391 e. The molecule has 0 heterocycles. The molecule has 3 atom stereocenters. The van der Waals surface area contributed by atoms with Crippen LogP contribution in [0.4, 0.5) is 0 Å². The molecule has 0 aliphatic rings. The van der Waals surface area contributed by atoms with Crippen LogP contribution in [-0.4, -0.2) is 73.4 Å². The number of carbonyl (C=O) groups is 1. The van der Waals surface area contributed by atoms with Crippen LogP contribution in [0.5, 0.6) is 0 Å². The fourth-order valence-electron chi connectivity index (χ4n) is 6.86. The lowest BCUT2D eigenvalue weighted by molar-refractivity contribution is -0.870. The Morgan fingerprint density at radius 1 is 0.589 bits per heavy atom. The Balaban J connectivity index is 4.20. The third kappa shape index (κ3) is 41.2. The summed E-state index contributed by atoms with van der Waals surface area (Å²) in [6.07, 6.45) is 46.5. The predicted molar refractivity (Wildman–Crippen MR) is 240 cm³/mol. The predicted octanol–water partition coefficient (Wildman–Crippen LogP) is 13.3. The molecular weight excluding hydrogens is 719 g/mol. The van der Waals surface area contributed by atoms with Crippen molar-refractivity contribution in [3.63, 3.8) is 0 Å². The van der Waals surface area contributed by atoms with Crippen LogP contribution in [0.3, 0.4) is 0 Å². The summed E-state index contributed by atoms with van der Waals surface area (Å²) in [6.45, 7) is 4.85. The monoisotopic (exact) mass is 814 g/mol. The number of carbonyl (C=O) groups excluding carboxylic acids is 1. The van der Waals surface area contributed by atoms with Gasteiger partial charge in [0.1, 0.15) is 13.2 Å². The molecular formula is C47H94N2O6P+. The van der Waals surface area contributed by atoms with Gasteiger partial charge in [0, 0.05) is 6.42 Å². The van der Waals surface area contributed by atoms with Gasteiger partial charge in [-0.25, -0.2) is 4.57 Å². The van der Waals surface area contributed by atoms with Gasteiger partial charge in [0.25, 0.3) is 0 Å². The van der Waals surface area contributed by atoms with Gasteiger partial charge in [-0.3, -0.25) is 13.8 Å². The highest BCUT2D eigenvalue weighted by atomic mass is 31.2. The Kier molecular flexibility index (Phi) is 38.7. The normalized spacial score (nSPS) is 14.5. The van der Waals surface area contributed by atoms with Crippen LogP contribution >= 0.6 is 7.82 Å². The molecule has 56 heavy (non-hydrogen) atoms. The first-order chi connectivity index (χ1) is 27.0. The van der Waals surface area contributed by atoms with E-state index in [1.807, 2.05) is 21.1 Å². The zero-order valence-electron chi connectivity index (χ0n) is 37.6. The summed E-state index contributed by atoms with van der Waals surface area (Å²) in [6, 6.07) is -0.773. The summed E-state index contributed by atoms with van der Waals surface area (Å²) < 4.78 is 23.6. The molecule has 0 aromatic carbocycles. The highest BCUT2D eigenvalue weighted by molar-refractivity contribution is 7.47. The molecule has 0 fully saturated rings. The molecule has 1 unspecified atom stereocenters. The first-order valence-electron chi connectivity index (χ1n) is 23.7. The number of nitrogens with zero attached hydrogens (tertiary/aromatic N) is 1. The third-order valence-electron chi connectivity index (χ3n) is 10.7. The van der Waals surface area contributed by atoms with Gasteiger partial charge in [-0.1, -0.05) is 173 Å². The van der Waals surface area contributed by atoms with Crippen molar-refractivity contribution in [1.29, 1.82) is 0 Å². The van der Waals surface area contributed by atoms with E-state index in [-0.39, 0.29) is 19.1 Å². The van der Waals surface area contributed by atoms with Gasteiger partial charge in [0.2, 0.25) is 5.91 Å². The second kappa shape index (κ2) is 39.4. The van der Waals surface area contributed by atoms with Crippen LogP contribution in [0.1, 0.15) is 219 Å². The van der Waals surface area contributed by atoms with Crippen LogP contribution in [0.2, 0.25) is 0 Å². The fourth-order valence-corrected chi connectivity index (χ4v) is 7.59. The number of quaternary nitrogens is 1. The first-order valence-corrected chi connectivity index (χ1v) is 25.2. The van der Waals surface area contributed by atoms with Crippen LogP contribution in [0.15, 0.2) is 24.3 Å². The average molecular weight is 814 g/mol. The summed E-state index contributed by atoms with van der Waals surface area (Å²) >= 11 is 0. The Labute approximate surface area is 347 Å². The molecule has 0 aromatic heterocycles. The Morgan fingerprint density at radius 2 is 0.964 bits per heavy atom. The maximum atomic E-state index is 12.9. The highest BCUT2D eigenvalue weighted by Gasteiger charge is 2.28. The van der Waals surface area contributed by atoms with E-state index < -0.39 is 20.0 Å². The van der Waals surface area contributed by atoms with E-state index in [9.17, 15) is 19.4 Å². The van der Waals surface area contributed by atoms with Crippen molar-refractivity contribution in [1.82, 2.24) is 5.32 Å². The second-order valence-corrected chi connectivity index (χ2v) is 18.9. The van der Waals surface area contributed by atoms with Crippen molar-refractivity contribution in [3.8, 4) is 0 Å². The van der Waals surface area contributed by atoms with Gasteiger partial charge < -0.3 is 19.8 Å². The van der Waals surface area contributed by atoms with Crippen LogP contribution in [-0.2, 0) is 18.4 Å². The number of hydrogen-bond donors (Lipinski definition) is 3. The lowest BCUT2D eigenvalue weighted by Gasteiger charge is -2.26. The minimum absolute atomic E-state index is 0.0704. The molecule has 9 heteroatoms. The number of aliphatic hydroxyl groups excluding tert-OH is 1. The molecule has 0 rings (SSSR count). The number of phosphoric ester groups is 1. The lowest BCUT2D eigenvalue weighted by atomic mass is 10.0. The number of aliphatic hydroxyl groups is 1. The van der Waals surface area contributed by atoms with Gasteiger partial charge in [-0.2, -0.15) is 0 Å². The number of allylic oxidation sites excluding steroid dienone is 4. The standard InChI is InChI=1S/C47H93N2O6P/c1-6-8-10-12-14-16-18-19-20-21-22-23-24-25-26-27-28-29-31-33-35-37-39-41-47(51)48-45(44-55-56(52,53)54-43-42-49(3,4)5)46(50)40-38-36-34-32-30-17-15-13-11-9-7-2/h19-20,30,32,45-46,50H,6-18,21-29,31,33-44H2,1-5H3,(H-,48,51,52,53)/p+1/b20-19+,32-30+/t45-,46+/m0/s1. The Morgan fingerprint density at radius 3 is 1.38 bits per heavy atom. The summed E-state index contributed by atoms with van der Waals surface area (Å²) in [5.74, 6) is -0.154. The van der Waals surface area contributed by atoms with Crippen LogP contribution in [0, 0.1) is 0 Å². The maximum absolute atomic E-state index is 12.9. The van der Waals surface area contributed by atoms with E-state index >= 15 is 0 Å². The minimum Gasteiger partial charge on any atom is -0.391 e. The summed E-state index contributed by atoms with van der Waals surface area (Å²) in [4.78, 5) is 23.1. The molecule has 0 bridgehead atoms. The molecule has 332 valence electrons. The number of likely N-dealkylation sites (N-methyl/N-ethyl adjacent to an activating group) is 1. The van der Waals surface area contributed by atoms with Crippen molar-refractivity contribution in [2.45, 2.75) is 231 Å². The van der Waals surface area contributed by atoms with E-state index in [0.29, 0.717) is 23.9 Å². The Hall–Kier alpha value is -1.02. The van der Waals surface area contributed by atoms with Crippen LogP contribution in [0.25, 0.3) is 0 Å². The number of phosphoric acid groups is 1. The van der Waals surface area contributed by atoms with Gasteiger partial charge in [-0.15, -0.1) is 0 Å². The van der Waals surface area contributed by atoms with Crippen molar-refractivity contribution >= 4 is 13.7 Å². The molecule has 0 radical (unpaired) electrons. The number of nitrogens with one attached hydrogen (secondary N) is 1. The number of rotatable bonds is 43. The molecule has 0 saturated heterocycles. The Bertz CT molecular complexity index is 969. The topological polar surface area (TPSA) is 105 Å². The SMILES string of the molecule is CCCCCCC/C=C/CCCC[C@@H](O)[C@H](COP(=O)(O)OCC[N+](C)(C)C)NC(=O)CCCCCCCCCCCCCCC/C=C/CCCCCCCC. The summed E-state index contributed by atoms with van der Waals surface area (Å²) in [5.41, 5.74) is 0. The third-order valence-corrected chi connectivity index (χ3v) is 11.7. The van der Waals surface area contributed by atoms with E-state index in [1.54, 1.807) is 0 Å².